The molecule has 7 heteroatoms. The van der Waals surface area contributed by atoms with E-state index < -0.39 is 5.54 Å². The molecule has 1 aromatic heterocycles. The highest BCUT2D eigenvalue weighted by Gasteiger charge is 2.36. The summed E-state index contributed by atoms with van der Waals surface area (Å²) in [5.41, 5.74) is -0.158. The Balaban J connectivity index is 1.56. The molecule has 0 radical (unpaired) electrons. The third-order valence-corrected chi connectivity index (χ3v) is 5.91. The van der Waals surface area contributed by atoms with Crippen molar-refractivity contribution in [2.45, 2.75) is 83.5 Å². The fraction of sp³-hybridized carbons (Fsp3) is 0.810. The monoisotopic (exact) mass is 393 g/mol. The molecule has 0 spiro atoms. The molecule has 158 valence electrons. The molecule has 3 heterocycles. The van der Waals surface area contributed by atoms with Crippen LogP contribution < -0.4 is 5.32 Å². The van der Waals surface area contributed by atoms with Gasteiger partial charge in [0.25, 0.3) is 0 Å². The lowest BCUT2D eigenvalue weighted by Gasteiger charge is -2.39. The summed E-state index contributed by atoms with van der Waals surface area (Å²) in [4.78, 5) is 15.1. The number of aromatic nitrogens is 1. The van der Waals surface area contributed by atoms with Crippen LogP contribution in [0.1, 0.15) is 71.9 Å². The van der Waals surface area contributed by atoms with Crippen LogP contribution in [0.5, 0.6) is 0 Å². The molecule has 0 aliphatic carbocycles. The molecule has 0 aromatic carbocycles. The lowest BCUT2D eigenvalue weighted by molar-refractivity contribution is -0.170. The number of hydrogen-bond donors (Lipinski definition) is 1. The van der Waals surface area contributed by atoms with Gasteiger partial charge in [0, 0.05) is 18.1 Å². The largest absolute Gasteiger partial charge is 0.353 e. The Kier molecular flexibility index (Phi) is 6.78. The van der Waals surface area contributed by atoms with Gasteiger partial charge in [-0.25, -0.2) is 0 Å². The van der Waals surface area contributed by atoms with E-state index in [-0.39, 0.29) is 17.6 Å². The summed E-state index contributed by atoms with van der Waals surface area (Å²) in [5.74, 6) is 0.314. The average molecular weight is 394 g/mol. The van der Waals surface area contributed by atoms with Crippen LogP contribution in [-0.4, -0.2) is 54.1 Å². The molecule has 1 atom stereocenters. The van der Waals surface area contributed by atoms with Gasteiger partial charge in [-0.1, -0.05) is 25.4 Å². The molecule has 1 aromatic rings. The number of ether oxygens (including phenoxy) is 2. The Morgan fingerprint density at radius 1 is 1.21 bits per heavy atom. The van der Waals surface area contributed by atoms with Crippen molar-refractivity contribution in [3.8, 4) is 0 Å². The van der Waals surface area contributed by atoms with Gasteiger partial charge in [0.15, 0.2) is 6.29 Å². The first-order valence-corrected chi connectivity index (χ1v) is 10.6. The molecule has 1 N–H and O–H groups in total. The standard InChI is InChI=1S/C21H35N3O4/c1-20(2,15-27-18-10-6-9-13-26-18)16-14-17(28-23-16)22-19(25)21(3,4)24-11-7-5-8-12-24/h14,18H,5-13,15H2,1-4H3,(H,22,25). The molecule has 0 bridgehead atoms. The third kappa shape index (κ3) is 5.13. The number of amides is 1. The first-order chi connectivity index (χ1) is 13.3. The zero-order chi connectivity index (χ0) is 20.2. The molecule has 7 nitrogen and oxygen atoms in total. The predicted molar refractivity (Wildman–Crippen MR) is 107 cm³/mol. The zero-order valence-electron chi connectivity index (χ0n) is 17.8. The Labute approximate surface area is 168 Å². The zero-order valence-corrected chi connectivity index (χ0v) is 17.8. The van der Waals surface area contributed by atoms with E-state index in [9.17, 15) is 4.79 Å². The molecule has 1 unspecified atom stereocenters. The van der Waals surface area contributed by atoms with Gasteiger partial charge in [-0.05, 0) is 59.0 Å². The van der Waals surface area contributed by atoms with Crippen molar-refractivity contribution >= 4 is 11.8 Å². The highest BCUT2D eigenvalue weighted by molar-refractivity contribution is 5.96. The second kappa shape index (κ2) is 8.93. The number of anilines is 1. The number of carbonyl (C=O) groups is 1. The molecule has 1 amide bonds. The Bertz CT molecular complexity index is 644. The quantitative estimate of drug-likeness (QED) is 0.761. The molecule has 2 fully saturated rings. The van der Waals surface area contributed by atoms with E-state index >= 15 is 0 Å². The van der Waals surface area contributed by atoms with E-state index in [2.05, 4.69) is 29.2 Å². The van der Waals surface area contributed by atoms with E-state index in [1.165, 1.54) is 6.42 Å². The van der Waals surface area contributed by atoms with Crippen molar-refractivity contribution in [3.05, 3.63) is 11.8 Å². The summed E-state index contributed by atoms with van der Waals surface area (Å²) in [5, 5.41) is 7.08. The fourth-order valence-corrected chi connectivity index (χ4v) is 3.73. The Morgan fingerprint density at radius 3 is 2.64 bits per heavy atom. The number of likely N-dealkylation sites (tertiary alicyclic amines) is 1. The molecule has 3 rings (SSSR count). The van der Waals surface area contributed by atoms with E-state index in [0.717, 1.165) is 57.5 Å². The van der Waals surface area contributed by atoms with Gasteiger partial charge in [-0.15, -0.1) is 0 Å². The van der Waals surface area contributed by atoms with E-state index in [1.807, 2.05) is 13.8 Å². The van der Waals surface area contributed by atoms with Crippen LogP contribution in [0.2, 0.25) is 0 Å². The van der Waals surface area contributed by atoms with Crippen LogP contribution in [0, 0.1) is 0 Å². The summed E-state index contributed by atoms with van der Waals surface area (Å²) >= 11 is 0. The van der Waals surface area contributed by atoms with Crippen LogP contribution in [0.15, 0.2) is 10.6 Å². The maximum atomic E-state index is 12.8. The van der Waals surface area contributed by atoms with Crippen LogP contribution in [0.25, 0.3) is 0 Å². The average Bonchev–Trinajstić information content (AvgIpc) is 3.17. The van der Waals surface area contributed by atoms with E-state index in [4.69, 9.17) is 14.0 Å². The predicted octanol–water partition coefficient (Wildman–Crippen LogP) is 3.70. The van der Waals surface area contributed by atoms with Crippen molar-refractivity contribution in [2.75, 3.05) is 31.6 Å². The number of nitrogens with zero attached hydrogens (tertiary/aromatic N) is 2. The molecule has 28 heavy (non-hydrogen) atoms. The van der Waals surface area contributed by atoms with Crippen molar-refractivity contribution in [3.63, 3.8) is 0 Å². The topological polar surface area (TPSA) is 76.8 Å². The molecule has 2 aliphatic heterocycles. The van der Waals surface area contributed by atoms with Gasteiger partial charge in [0.2, 0.25) is 11.8 Å². The minimum absolute atomic E-state index is 0.0678. The SMILES string of the molecule is CC(C)(COC1CCCCO1)c1cc(NC(=O)C(C)(C)N2CCCCC2)on1. The minimum Gasteiger partial charge on any atom is -0.353 e. The van der Waals surface area contributed by atoms with Gasteiger partial charge in [-0.2, -0.15) is 0 Å². The number of rotatable bonds is 7. The number of hydrogen-bond acceptors (Lipinski definition) is 6. The third-order valence-electron chi connectivity index (χ3n) is 5.91. The van der Waals surface area contributed by atoms with Gasteiger partial charge < -0.3 is 14.0 Å². The van der Waals surface area contributed by atoms with Crippen molar-refractivity contribution in [1.29, 1.82) is 0 Å². The first kappa shape index (κ1) is 21.3. The Morgan fingerprint density at radius 2 is 1.96 bits per heavy atom. The van der Waals surface area contributed by atoms with Gasteiger partial charge in [0.1, 0.15) is 0 Å². The number of piperidine rings is 1. The summed E-state index contributed by atoms with van der Waals surface area (Å²) in [6.07, 6.45) is 6.56. The minimum atomic E-state index is -0.579. The van der Waals surface area contributed by atoms with Crippen LogP contribution in [0.4, 0.5) is 5.88 Å². The lowest BCUT2D eigenvalue weighted by Crippen LogP contribution is -2.54. The second-order valence-electron chi connectivity index (χ2n) is 9.13. The first-order valence-electron chi connectivity index (χ1n) is 10.6. The van der Waals surface area contributed by atoms with Crippen LogP contribution in [-0.2, 0) is 19.7 Å². The second-order valence-corrected chi connectivity index (χ2v) is 9.13. The van der Waals surface area contributed by atoms with Gasteiger partial charge in [0.05, 0.1) is 17.8 Å². The number of nitrogens with one attached hydrogen (secondary N) is 1. The van der Waals surface area contributed by atoms with Crippen molar-refractivity contribution < 1.29 is 18.8 Å². The number of carbonyl (C=O) groups excluding carboxylic acids is 1. The molecule has 0 saturated carbocycles. The van der Waals surface area contributed by atoms with E-state index in [1.54, 1.807) is 6.07 Å². The summed E-state index contributed by atoms with van der Waals surface area (Å²) in [6, 6.07) is 1.80. The summed E-state index contributed by atoms with van der Waals surface area (Å²) in [7, 11) is 0. The highest BCUT2D eigenvalue weighted by atomic mass is 16.7. The van der Waals surface area contributed by atoms with Crippen LogP contribution in [0.3, 0.4) is 0 Å². The molecular formula is C21H35N3O4. The fourth-order valence-electron chi connectivity index (χ4n) is 3.73. The molecule has 2 aliphatic rings. The maximum Gasteiger partial charge on any atom is 0.246 e. The normalized spacial score (nSPS) is 22.2. The molecular weight excluding hydrogens is 358 g/mol. The molecule has 2 saturated heterocycles. The smallest absolute Gasteiger partial charge is 0.246 e. The van der Waals surface area contributed by atoms with Gasteiger partial charge in [-0.3, -0.25) is 15.0 Å². The van der Waals surface area contributed by atoms with Crippen LogP contribution >= 0.6 is 0 Å². The lowest BCUT2D eigenvalue weighted by atomic mass is 9.90. The maximum absolute atomic E-state index is 12.8. The van der Waals surface area contributed by atoms with Gasteiger partial charge >= 0.3 is 0 Å². The Hall–Kier alpha value is -1.44. The highest BCUT2D eigenvalue weighted by Crippen LogP contribution is 2.28. The summed E-state index contributed by atoms with van der Waals surface area (Å²) in [6.45, 7) is 11.2. The van der Waals surface area contributed by atoms with Crippen molar-refractivity contribution in [2.24, 2.45) is 0 Å². The van der Waals surface area contributed by atoms with E-state index in [0.29, 0.717) is 12.5 Å². The van der Waals surface area contributed by atoms with Crippen molar-refractivity contribution in [1.82, 2.24) is 10.1 Å². The summed E-state index contributed by atoms with van der Waals surface area (Å²) < 4.78 is 17.0.